The number of carbonyl (C=O) groups is 2. The van der Waals surface area contributed by atoms with Crippen LogP contribution in [0, 0.1) is 0 Å². The summed E-state index contributed by atoms with van der Waals surface area (Å²) >= 11 is 0. The van der Waals surface area contributed by atoms with Crippen LogP contribution in [-0.4, -0.2) is 61.2 Å². The predicted molar refractivity (Wildman–Crippen MR) is 124 cm³/mol. The number of carbonyl (C=O) groups excluding carboxylic acids is 2. The summed E-state index contributed by atoms with van der Waals surface area (Å²) in [5.74, 6) is -0.755. The Balaban J connectivity index is 5.62. The van der Waals surface area contributed by atoms with Crippen molar-refractivity contribution >= 4 is 25.6 Å². The Hall–Kier alpha value is -0.460. The second-order valence-electron chi connectivity index (χ2n) is 7.86. The van der Waals surface area contributed by atoms with Gasteiger partial charge in [0.25, 0.3) is 0 Å². The van der Waals surface area contributed by atoms with E-state index in [9.17, 15) is 9.59 Å². The molecule has 0 N–H and O–H groups in total. The maximum absolute atomic E-state index is 12.8. The zero-order valence-electron chi connectivity index (χ0n) is 19.3. The van der Waals surface area contributed by atoms with E-state index >= 15 is 0 Å². The minimum absolute atomic E-state index is 0.342. The van der Waals surface area contributed by atoms with Gasteiger partial charge in [-0.1, -0.05) is 0 Å². The van der Waals surface area contributed by atoms with Crippen molar-refractivity contribution in [1.29, 1.82) is 0 Å². The van der Waals surface area contributed by atoms with E-state index in [1.165, 1.54) is 6.08 Å². The van der Waals surface area contributed by atoms with Gasteiger partial charge in [0.1, 0.15) is 0 Å². The van der Waals surface area contributed by atoms with Crippen LogP contribution in [0.4, 0.5) is 0 Å². The molecule has 0 aliphatic rings. The molecule has 0 fully saturated rings. The Morgan fingerprint density at radius 3 is 1.22 bits per heavy atom. The normalized spacial score (nSPS) is 16.0. The van der Waals surface area contributed by atoms with Crippen molar-refractivity contribution in [2.45, 2.75) is 62.3 Å². The number of rotatable bonds is 12. The minimum atomic E-state index is -2.52. The molecule has 0 atom stereocenters. The van der Waals surface area contributed by atoms with E-state index in [-0.39, 0.29) is 5.97 Å². The average molecular weight is 423 g/mol. The molecular formula is C21H44O4P2. The van der Waals surface area contributed by atoms with Crippen LogP contribution in [0.1, 0.15) is 62.3 Å². The summed E-state index contributed by atoms with van der Waals surface area (Å²) in [6.45, 7) is 13.5. The summed E-state index contributed by atoms with van der Waals surface area (Å²) in [7, 11) is 0. The molecule has 0 aromatic rings. The van der Waals surface area contributed by atoms with Crippen molar-refractivity contribution in [3.05, 3.63) is 11.6 Å². The first-order valence-electron chi connectivity index (χ1n) is 10.7. The number of hydrogen-bond donors (Lipinski definition) is 0. The standard InChI is InChI=1S/C21H44O4P2/c1-10-26(11-2,12-3,13-4)24-20(22)18-19(9)21(23)25-27(14-5,15-6,16-7)17-8/h18H,10-17H2,1-9H3/b19-18+. The van der Waals surface area contributed by atoms with Gasteiger partial charge in [-0.15, -0.1) is 0 Å². The van der Waals surface area contributed by atoms with Gasteiger partial charge in [0.2, 0.25) is 0 Å². The summed E-state index contributed by atoms with van der Waals surface area (Å²) in [6, 6.07) is 0. The van der Waals surface area contributed by atoms with E-state index in [4.69, 9.17) is 9.05 Å². The third-order valence-corrected chi connectivity index (χ3v) is 21.9. The van der Waals surface area contributed by atoms with E-state index < -0.39 is 19.6 Å². The molecule has 0 aromatic carbocycles. The van der Waals surface area contributed by atoms with Crippen molar-refractivity contribution in [3.8, 4) is 0 Å². The van der Waals surface area contributed by atoms with E-state index in [2.05, 4.69) is 55.4 Å². The molecule has 6 heteroatoms. The van der Waals surface area contributed by atoms with Crippen LogP contribution in [-0.2, 0) is 18.6 Å². The molecule has 0 amide bonds. The van der Waals surface area contributed by atoms with Gasteiger partial charge in [-0.3, -0.25) is 0 Å². The van der Waals surface area contributed by atoms with Crippen molar-refractivity contribution in [3.63, 3.8) is 0 Å². The van der Waals surface area contributed by atoms with E-state index in [1.54, 1.807) is 6.92 Å². The topological polar surface area (TPSA) is 52.6 Å². The van der Waals surface area contributed by atoms with Crippen LogP contribution in [0.25, 0.3) is 0 Å². The van der Waals surface area contributed by atoms with Gasteiger partial charge >= 0.3 is 167 Å². The van der Waals surface area contributed by atoms with Gasteiger partial charge in [-0.2, -0.15) is 0 Å². The second-order valence-corrected chi connectivity index (χ2v) is 20.7. The molecule has 27 heavy (non-hydrogen) atoms. The summed E-state index contributed by atoms with van der Waals surface area (Å²) in [4.78, 5) is 25.5. The van der Waals surface area contributed by atoms with Gasteiger partial charge in [0, 0.05) is 0 Å². The van der Waals surface area contributed by atoms with E-state index in [0.717, 1.165) is 49.3 Å². The zero-order chi connectivity index (χ0) is 21.4. The molecule has 0 spiro atoms. The molecule has 0 aliphatic heterocycles. The Labute approximate surface area is 167 Å². The fraction of sp³-hybridized carbons (Fsp3) is 0.810. The van der Waals surface area contributed by atoms with Crippen molar-refractivity contribution in [1.82, 2.24) is 0 Å². The first-order valence-corrected chi connectivity index (χ1v) is 16.5. The molecule has 0 unspecified atom stereocenters. The van der Waals surface area contributed by atoms with Crippen LogP contribution in [0.15, 0.2) is 11.6 Å². The molecule has 0 saturated carbocycles. The summed E-state index contributed by atoms with van der Waals surface area (Å²) < 4.78 is 12.3. The first-order chi connectivity index (χ1) is 12.5. The maximum atomic E-state index is 12.8. The summed E-state index contributed by atoms with van der Waals surface area (Å²) in [5.41, 5.74) is 0.342. The van der Waals surface area contributed by atoms with Gasteiger partial charge in [0.05, 0.1) is 0 Å². The SMILES string of the molecule is CCP(CC)(CC)(CC)OC(=O)/C=C(\C)C(=O)OP(CC)(CC)(CC)CC. The van der Waals surface area contributed by atoms with Crippen LogP contribution < -0.4 is 0 Å². The van der Waals surface area contributed by atoms with Crippen LogP contribution in [0.5, 0.6) is 0 Å². The molecule has 0 rings (SSSR count). The third kappa shape index (κ3) is 5.33. The fourth-order valence-electron chi connectivity index (χ4n) is 4.02. The Morgan fingerprint density at radius 1 is 0.630 bits per heavy atom. The van der Waals surface area contributed by atoms with Gasteiger partial charge in [-0.25, -0.2) is 0 Å². The monoisotopic (exact) mass is 422 g/mol. The Morgan fingerprint density at radius 2 is 0.926 bits per heavy atom. The first kappa shape index (κ1) is 26.5. The predicted octanol–water partition coefficient (Wildman–Crippen LogP) is 6.11. The molecule has 0 saturated heterocycles. The van der Waals surface area contributed by atoms with Crippen LogP contribution >= 0.6 is 13.7 Å². The average Bonchev–Trinajstić information content (AvgIpc) is 2.71. The molecular weight excluding hydrogens is 378 g/mol. The van der Waals surface area contributed by atoms with E-state index in [0.29, 0.717) is 5.57 Å². The van der Waals surface area contributed by atoms with Crippen molar-refractivity contribution < 1.29 is 18.6 Å². The van der Waals surface area contributed by atoms with Crippen LogP contribution in [0.3, 0.4) is 0 Å². The summed E-state index contributed by atoms with van der Waals surface area (Å²) in [6.07, 6.45) is 8.40. The van der Waals surface area contributed by atoms with E-state index in [1.807, 2.05) is 0 Å². The number of hydrogen-bond acceptors (Lipinski definition) is 4. The molecule has 0 heterocycles. The van der Waals surface area contributed by atoms with Crippen molar-refractivity contribution in [2.24, 2.45) is 0 Å². The summed E-state index contributed by atoms with van der Waals surface area (Å²) in [5, 5.41) is 0. The molecule has 0 aliphatic carbocycles. The Bertz CT molecular complexity index is 514. The molecule has 0 aromatic heterocycles. The van der Waals surface area contributed by atoms with Gasteiger partial charge < -0.3 is 0 Å². The fourth-order valence-corrected chi connectivity index (χ4v) is 11.6. The Kier molecular flexibility index (Phi) is 9.67. The second kappa shape index (κ2) is 9.84. The zero-order valence-corrected chi connectivity index (χ0v) is 21.1. The van der Waals surface area contributed by atoms with Gasteiger partial charge in [-0.05, 0) is 0 Å². The molecule has 4 nitrogen and oxygen atoms in total. The quantitative estimate of drug-likeness (QED) is 0.281. The van der Waals surface area contributed by atoms with Crippen LogP contribution in [0.2, 0.25) is 0 Å². The third-order valence-electron chi connectivity index (χ3n) is 7.74. The molecule has 0 radical (unpaired) electrons. The molecule has 162 valence electrons. The molecule has 0 bridgehead atoms. The van der Waals surface area contributed by atoms with Crippen molar-refractivity contribution in [2.75, 3.05) is 49.3 Å². The van der Waals surface area contributed by atoms with Gasteiger partial charge in [0.15, 0.2) is 0 Å².